The van der Waals surface area contributed by atoms with Crippen LogP contribution in [0.15, 0.2) is 48.5 Å². The van der Waals surface area contributed by atoms with Crippen LogP contribution < -0.4 is 4.90 Å². The number of carbonyl (C=O) groups excluding carboxylic acids is 1. The minimum absolute atomic E-state index is 0.149. The maximum absolute atomic E-state index is 13.3. The number of anilines is 1. The van der Waals surface area contributed by atoms with Crippen molar-refractivity contribution in [2.75, 3.05) is 24.5 Å². The standard InChI is InChI=1S/C22H26ClFN2O/c1-2-22(27)26(20-8-6-18(23)7-9-20)21-11-14-25(15-12-21)13-10-17-4-3-5-19(24)16-17/h3-9,16,21H,2,10-15H2,1H3. The Labute approximate surface area is 165 Å². The van der Waals surface area contributed by atoms with E-state index in [0.717, 1.165) is 50.1 Å². The molecule has 1 aliphatic heterocycles. The normalized spacial score (nSPS) is 15.7. The lowest BCUT2D eigenvalue weighted by molar-refractivity contribution is -0.119. The lowest BCUT2D eigenvalue weighted by atomic mass is 10.0. The molecule has 0 bridgehead atoms. The van der Waals surface area contributed by atoms with Gasteiger partial charge in [0.15, 0.2) is 0 Å². The third kappa shape index (κ3) is 5.30. The molecule has 5 heteroatoms. The van der Waals surface area contributed by atoms with Crippen LogP contribution in [0.5, 0.6) is 0 Å². The van der Waals surface area contributed by atoms with E-state index in [-0.39, 0.29) is 17.8 Å². The SMILES string of the molecule is CCC(=O)N(c1ccc(Cl)cc1)C1CCN(CCc2cccc(F)c2)CC1. The van der Waals surface area contributed by atoms with Crippen LogP contribution in [-0.2, 0) is 11.2 Å². The summed E-state index contributed by atoms with van der Waals surface area (Å²) in [6, 6.07) is 14.5. The number of amides is 1. The first-order valence-corrected chi connectivity index (χ1v) is 9.99. The quantitative estimate of drug-likeness (QED) is 0.700. The Balaban J connectivity index is 1.58. The van der Waals surface area contributed by atoms with Crippen molar-refractivity contribution in [1.29, 1.82) is 0 Å². The van der Waals surface area contributed by atoms with Crippen LogP contribution in [0.25, 0.3) is 0 Å². The molecule has 0 N–H and O–H groups in total. The van der Waals surface area contributed by atoms with Crippen molar-refractivity contribution < 1.29 is 9.18 Å². The highest BCUT2D eigenvalue weighted by Gasteiger charge is 2.28. The number of hydrogen-bond acceptors (Lipinski definition) is 2. The molecule has 1 aliphatic rings. The van der Waals surface area contributed by atoms with E-state index in [4.69, 9.17) is 11.6 Å². The van der Waals surface area contributed by atoms with E-state index in [1.165, 1.54) is 6.07 Å². The van der Waals surface area contributed by atoms with Gasteiger partial charge in [-0.05, 0) is 61.2 Å². The van der Waals surface area contributed by atoms with Crippen molar-refractivity contribution in [3.63, 3.8) is 0 Å². The van der Waals surface area contributed by atoms with Crippen LogP contribution in [0.2, 0.25) is 5.02 Å². The molecular weight excluding hydrogens is 363 g/mol. The highest BCUT2D eigenvalue weighted by molar-refractivity contribution is 6.30. The van der Waals surface area contributed by atoms with Crippen molar-refractivity contribution in [3.8, 4) is 0 Å². The van der Waals surface area contributed by atoms with Crippen molar-refractivity contribution >= 4 is 23.2 Å². The first kappa shape index (κ1) is 19.8. The van der Waals surface area contributed by atoms with Crippen molar-refractivity contribution in [2.45, 2.75) is 38.6 Å². The molecule has 2 aromatic rings. The minimum Gasteiger partial charge on any atom is -0.309 e. The molecule has 3 nitrogen and oxygen atoms in total. The fourth-order valence-corrected chi connectivity index (χ4v) is 3.84. The van der Waals surface area contributed by atoms with Gasteiger partial charge in [-0.2, -0.15) is 0 Å². The predicted octanol–water partition coefficient (Wildman–Crippen LogP) is 4.93. The van der Waals surface area contributed by atoms with Crippen LogP contribution in [0.1, 0.15) is 31.7 Å². The summed E-state index contributed by atoms with van der Waals surface area (Å²) in [4.78, 5) is 16.9. The summed E-state index contributed by atoms with van der Waals surface area (Å²) in [5, 5.41) is 0.676. The number of nitrogens with zero attached hydrogens (tertiary/aromatic N) is 2. The molecule has 0 aromatic heterocycles. The van der Waals surface area contributed by atoms with E-state index in [9.17, 15) is 9.18 Å². The highest BCUT2D eigenvalue weighted by atomic mass is 35.5. The molecule has 0 unspecified atom stereocenters. The third-order valence-corrected chi connectivity index (χ3v) is 5.46. The number of halogens is 2. The van der Waals surface area contributed by atoms with Gasteiger partial charge < -0.3 is 9.80 Å². The van der Waals surface area contributed by atoms with Gasteiger partial charge >= 0.3 is 0 Å². The average molecular weight is 389 g/mol. The molecular formula is C22H26ClFN2O. The second kappa shape index (κ2) is 9.34. The van der Waals surface area contributed by atoms with Gasteiger partial charge in [-0.25, -0.2) is 4.39 Å². The van der Waals surface area contributed by atoms with Gasteiger partial charge in [0.2, 0.25) is 5.91 Å². The van der Waals surface area contributed by atoms with Gasteiger partial charge in [-0.3, -0.25) is 4.79 Å². The number of hydrogen-bond donors (Lipinski definition) is 0. The second-order valence-electron chi connectivity index (χ2n) is 7.05. The zero-order valence-corrected chi connectivity index (χ0v) is 16.5. The molecule has 0 aliphatic carbocycles. The Kier molecular flexibility index (Phi) is 6.86. The molecule has 0 atom stereocenters. The van der Waals surface area contributed by atoms with Crippen LogP contribution >= 0.6 is 11.6 Å². The summed E-state index contributed by atoms with van der Waals surface area (Å²) in [5.74, 6) is -0.0292. The van der Waals surface area contributed by atoms with Gasteiger partial charge in [0.05, 0.1) is 0 Å². The molecule has 3 rings (SSSR count). The third-order valence-electron chi connectivity index (χ3n) is 5.20. The lowest BCUT2D eigenvalue weighted by Crippen LogP contribution is -2.47. The zero-order valence-electron chi connectivity index (χ0n) is 15.7. The number of rotatable bonds is 6. The van der Waals surface area contributed by atoms with E-state index in [1.807, 2.05) is 42.2 Å². The Morgan fingerprint density at radius 2 is 1.89 bits per heavy atom. The molecule has 0 radical (unpaired) electrons. The van der Waals surface area contributed by atoms with E-state index in [2.05, 4.69) is 4.90 Å². The van der Waals surface area contributed by atoms with Gasteiger partial charge in [-0.1, -0.05) is 30.7 Å². The highest BCUT2D eigenvalue weighted by Crippen LogP contribution is 2.26. The predicted molar refractivity (Wildman–Crippen MR) is 109 cm³/mol. The maximum atomic E-state index is 13.3. The Morgan fingerprint density at radius 1 is 1.19 bits per heavy atom. The van der Waals surface area contributed by atoms with Crippen molar-refractivity contribution in [1.82, 2.24) is 4.90 Å². The maximum Gasteiger partial charge on any atom is 0.226 e. The summed E-state index contributed by atoms with van der Waals surface area (Å²) in [7, 11) is 0. The summed E-state index contributed by atoms with van der Waals surface area (Å²) in [6.45, 7) is 4.71. The van der Waals surface area contributed by atoms with Gasteiger partial charge in [0.25, 0.3) is 0 Å². The summed E-state index contributed by atoms with van der Waals surface area (Å²) >= 11 is 6.00. The second-order valence-corrected chi connectivity index (χ2v) is 7.48. The van der Waals surface area contributed by atoms with Crippen molar-refractivity contribution in [2.24, 2.45) is 0 Å². The van der Waals surface area contributed by atoms with Crippen molar-refractivity contribution in [3.05, 3.63) is 64.9 Å². The van der Waals surface area contributed by atoms with Crippen LogP contribution in [-0.4, -0.2) is 36.5 Å². The monoisotopic (exact) mass is 388 g/mol. The topological polar surface area (TPSA) is 23.6 Å². The van der Waals surface area contributed by atoms with E-state index in [1.54, 1.807) is 12.1 Å². The minimum atomic E-state index is -0.178. The molecule has 1 amide bonds. The molecule has 27 heavy (non-hydrogen) atoms. The molecule has 144 valence electrons. The lowest BCUT2D eigenvalue weighted by Gasteiger charge is -2.38. The van der Waals surface area contributed by atoms with Gasteiger partial charge in [0.1, 0.15) is 5.82 Å². The van der Waals surface area contributed by atoms with Crippen LogP contribution in [0.3, 0.4) is 0 Å². The number of carbonyl (C=O) groups is 1. The molecule has 1 saturated heterocycles. The summed E-state index contributed by atoms with van der Waals surface area (Å²) in [6.07, 6.45) is 3.22. The number of benzene rings is 2. The Morgan fingerprint density at radius 3 is 2.52 bits per heavy atom. The van der Waals surface area contributed by atoms with E-state index in [0.29, 0.717) is 11.4 Å². The first-order chi connectivity index (χ1) is 13.1. The molecule has 0 spiro atoms. The fourth-order valence-electron chi connectivity index (χ4n) is 3.71. The van der Waals surface area contributed by atoms with Gasteiger partial charge in [0, 0.05) is 42.8 Å². The molecule has 2 aromatic carbocycles. The Hall–Kier alpha value is -1.91. The molecule has 1 heterocycles. The largest absolute Gasteiger partial charge is 0.309 e. The number of likely N-dealkylation sites (tertiary alicyclic amines) is 1. The van der Waals surface area contributed by atoms with Crippen LogP contribution in [0, 0.1) is 5.82 Å². The smallest absolute Gasteiger partial charge is 0.226 e. The zero-order chi connectivity index (χ0) is 19.2. The molecule has 0 saturated carbocycles. The van der Waals surface area contributed by atoms with E-state index >= 15 is 0 Å². The first-order valence-electron chi connectivity index (χ1n) is 9.61. The van der Waals surface area contributed by atoms with Crippen LogP contribution in [0.4, 0.5) is 10.1 Å². The number of piperidine rings is 1. The van der Waals surface area contributed by atoms with Gasteiger partial charge in [-0.15, -0.1) is 0 Å². The summed E-state index contributed by atoms with van der Waals surface area (Å²) < 4.78 is 13.3. The molecule has 1 fully saturated rings. The van der Waals surface area contributed by atoms with E-state index < -0.39 is 0 Å². The summed E-state index contributed by atoms with van der Waals surface area (Å²) in [5.41, 5.74) is 1.95. The fraction of sp³-hybridized carbons (Fsp3) is 0.409. The average Bonchev–Trinajstić information content (AvgIpc) is 2.69. The Bertz CT molecular complexity index is 757.